The van der Waals surface area contributed by atoms with Gasteiger partial charge in [0.25, 0.3) is 0 Å². The fraction of sp³-hybridized carbons (Fsp3) is 0.375. The number of fused-ring (bicyclic) bond motifs is 1. The maximum atomic E-state index is 14.0. The van der Waals surface area contributed by atoms with Crippen molar-refractivity contribution < 1.29 is 14.3 Å². The standard InChI is InChI=1S/C32H39N3O3/c1-7-24-12-11-13-25(8-2)32(24)35(21-37-6)31(36)19-34-28-15-10-9-14-27(28)33-30(34)20-38-29-18-23(5)16-17-26(29)22(3)4/h9-18,22H,7-8,19-21H2,1-6H3. The number of rotatable bonds is 11. The topological polar surface area (TPSA) is 56.6 Å². The van der Waals surface area contributed by atoms with Crippen molar-refractivity contribution in [1.82, 2.24) is 9.55 Å². The van der Waals surface area contributed by atoms with Gasteiger partial charge in [-0.25, -0.2) is 4.98 Å². The van der Waals surface area contributed by atoms with Gasteiger partial charge in [0, 0.05) is 7.11 Å². The van der Waals surface area contributed by atoms with Crippen LogP contribution in [0.4, 0.5) is 5.69 Å². The summed E-state index contributed by atoms with van der Waals surface area (Å²) in [5.74, 6) is 1.85. The van der Waals surface area contributed by atoms with Crippen molar-refractivity contribution in [3.8, 4) is 5.75 Å². The molecule has 4 rings (SSSR count). The van der Waals surface area contributed by atoms with Crippen molar-refractivity contribution in [1.29, 1.82) is 0 Å². The van der Waals surface area contributed by atoms with Crippen LogP contribution in [0.1, 0.15) is 61.7 Å². The van der Waals surface area contributed by atoms with Crippen LogP contribution in [0, 0.1) is 6.92 Å². The Morgan fingerprint density at radius 3 is 2.37 bits per heavy atom. The van der Waals surface area contributed by atoms with Crippen molar-refractivity contribution in [2.24, 2.45) is 0 Å². The lowest BCUT2D eigenvalue weighted by molar-refractivity contribution is -0.120. The zero-order valence-electron chi connectivity index (χ0n) is 23.5. The first kappa shape index (κ1) is 27.4. The maximum Gasteiger partial charge on any atom is 0.248 e. The van der Waals surface area contributed by atoms with Crippen LogP contribution in [0.15, 0.2) is 60.7 Å². The number of carbonyl (C=O) groups excluding carboxylic acids is 1. The van der Waals surface area contributed by atoms with Gasteiger partial charge in [0.15, 0.2) is 0 Å². The highest BCUT2D eigenvalue weighted by molar-refractivity contribution is 5.95. The Labute approximate surface area is 226 Å². The summed E-state index contributed by atoms with van der Waals surface area (Å²) < 4.78 is 13.9. The molecule has 0 fully saturated rings. The molecule has 6 heteroatoms. The summed E-state index contributed by atoms with van der Waals surface area (Å²) in [5, 5.41) is 0. The third kappa shape index (κ3) is 5.76. The van der Waals surface area contributed by atoms with Crippen molar-refractivity contribution in [2.45, 2.75) is 66.5 Å². The monoisotopic (exact) mass is 513 g/mol. The van der Waals surface area contributed by atoms with Crippen LogP contribution in [0.25, 0.3) is 11.0 Å². The van der Waals surface area contributed by atoms with E-state index in [1.54, 1.807) is 12.0 Å². The maximum absolute atomic E-state index is 14.0. The Morgan fingerprint density at radius 1 is 1.00 bits per heavy atom. The molecule has 6 nitrogen and oxygen atoms in total. The number of aryl methyl sites for hydroxylation is 3. The van der Waals surface area contributed by atoms with E-state index < -0.39 is 0 Å². The fourth-order valence-electron chi connectivity index (χ4n) is 4.97. The lowest BCUT2D eigenvalue weighted by Crippen LogP contribution is -2.37. The number of amides is 1. The van der Waals surface area contributed by atoms with Crippen LogP contribution in [-0.2, 0) is 35.5 Å². The molecule has 0 aliphatic carbocycles. The molecule has 0 bridgehead atoms. The minimum absolute atomic E-state index is 0.0507. The molecule has 0 atom stereocenters. The summed E-state index contributed by atoms with van der Waals surface area (Å²) in [6.07, 6.45) is 1.66. The predicted molar refractivity (Wildman–Crippen MR) is 154 cm³/mol. The Morgan fingerprint density at radius 2 is 1.71 bits per heavy atom. The van der Waals surface area contributed by atoms with E-state index in [0.29, 0.717) is 11.7 Å². The molecular weight excluding hydrogens is 474 g/mol. The van der Waals surface area contributed by atoms with Crippen LogP contribution < -0.4 is 9.64 Å². The number of hydrogen-bond donors (Lipinski definition) is 0. The second-order valence-corrected chi connectivity index (χ2v) is 9.96. The summed E-state index contributed by atoms with van der Waals surface area (Å²) in [5.41, 5.74) is 7.27. The van der Waals surface area contributed by atoms with Crippen LogP contribution in [0.3, 0.4) is 0 Å². The molecule has 0 spiro atoms. The van der Waals surface area contributed by atoms with Gasteiger partial charge in [0.1, 0.15) is 31.5 Å². The van der Waals surface area contributed by atoms with E-state index in [2.05, 4.69) is 71.0 Å². The number of nitrogens with zero attached hydrogens (tertiary/aromatic N) is 3. The molecule has 1 amide bonds. The number of ether oxygens (including phenoxy) is 2. The summed E-state index contributed by atoms with van der Waals surface area (Å²) in [6.45, 7) is 11.2. The van der Waals surface area contributed by atoms with Crippen molar-refractivity contribution >= 4 is 22.6 Å². The van der Waals surface area contributed by atoms with Crippen molar-refractivity contribution in [3.05, 3.63) is 88.7 Å². The number of imidazole rings is 1. The SMILES string of the molecule is CCc1cccc(CC)c1N(COC)C(=O)Cn1c(COc2cc(C)ccc2C(C)C)nc2ccccc21. The van der Waals surface area contributed by atoms with Crippen LogP contribution in [0.2, 0.25) is 0 Å². The fourth-order valence-corrected chi connectivity index (χ4v) is 4.97. The highest BCUT2D eigenvalue weighted by Crippen LogP contribution is 2.30. The normalized spacial score (nSPS) is 11.3. The Kier molecular flexibility index (Phi) is 8.85. The van der Waals surface area contributed by atoms with Gasteiger partial charge in [-0.1, -0.05) is 70.2 Å². The first-order valence-corrected chi connectivity index (χ1v) is 13.4. The third-order valence-corrected chi connectivity index (χ3v) is 6.97. The van der Waals surface area contributed by atoms with Gasteiger partial charge in [0.2, 0.25) is 5.91 Å². The number of benzene rings is 3. The molecule has 0 saturated carbocycles. The van der Waals surface area contributed by atoms with Crippen molar-refractivity contribution in [2.75, 3.05) is 18.7 Å². The summed E-state index contributed by atoms with van der Waals surface area (Å²) in [7, 11) is 1.63. The Hall–Kier alpha value is -3.64. The number of para-hydroxylation sites is 3. The zero-order valence-corrected chi connectivity index (χ0v) is 23.5. The van der Waals surface area contributed by atoms with E-state index in [-0.39, 0.29) is 25.8 Å². The largest absolute Gasteiger partial charge is 0.485 e. The van der Waals surface area contributed by atoms with Gasteiger partial charge in [-0.3, -0.25) is 9.69 Å². The van der Waals surface area contributed by atoms with E-state index in [9.17, 15) is 4.79 Å². The number of carbonyl (C=O) groups is 1. The molecule has 0 N–H and O–H groups in total. The molecule has 1 aromatic heterocycles. The van der Waals surface area contributed by atoms with Gasteiger partial charge in [-0.15, -0.1) is 0 Å². The minimum Gasteiger partial charge on any atom is -0.485 e. The van der Waals surface area contributed by atoms with Crippen LogP contribution in [0.5, 0.6) is 5.75 Å². The molecule has 200 valence electrons. The van der Waals surface area contributed by atoms with Gasteiger partial charge < -0.3 is 14.0 Å². The van der Waals surface area contributed by atoms with Gasteiger partial charge >= 0.3 is 0 Å². The van der Waals surface area contributed by atoms with E-state index >= 15 is 0 Å². The lowest BCUT2D eigenvalue weighted by atomic mass is 10.0. The number of methoxy groups -OCH3 is 1. The molecule has 1 heterocycles. The van der Waals surface area contributed by atoms with E-state index in [1.807, 2.05) is 28.8 Å². The van der Waals surface area contributed by atoms with E-state index in [4.69, 9.17) is 14.5 Å². The third-order valence-electron chi connectivity index (χ3n) is 6.97. The zero-order chi connectivity index (χ0) is 27.2. The molecule has 0 aliphatic rings. The molecule has 3 aromatic carbocycles. The highest BCUT2D eigenvalue weighted by Gasteiger charge is 2.23. The average Bonchev–Trinajstić information content (AvgIpc) is 3.26. The van der Waals surface area contributed by atoms with Crippen LogP contribution >= 0.6 is 0 Å². The number of hydrogen-bond acceptors (Lipinski definition) is 4. The van der Waals surface area contributed by atoms with E-state index in [1.165, 1.54) is 0 Å². The number of anilines is 1. The predicted octanol–water partition coefficient (Wildman–Crippen LogP) is 6.81. The molecule has 0 radical (unpaired) electrons. The first-order valence-electron chi connectivity index (χ1n) is 13.4. The molecule has 0 aliphatic heterocycles. The summed E-state index contributed by atoms with van der Waals surface area (Å²) >= 11 is 0. The minimum atomic E-state index is -0.0507. The quantitative estimate of drug-likeness (QED) is 0.207. The first-order chi connectivity index (χ1) is 18.4. The molecule has 0 unspecified atom stereocenters. The van der Waals surface area contributed by atoms with Gasteiger partial charge in [-0.05, 0) is 66.1 Å². The molecule has 4 aromatic rings. The van der Waals surface area contributed by atoms with E-state index in [0.717, 1.165) is 57.6 Å². The summed E-state index contributed by atoms with van der Waals surface area (Å²) in [6, 6.07) is 20.5. The molecular formula is C32H39N3O3. The van der Waals surface area contributed by atoms with Gasteiger partial charge in [-0.2, -0.15) is 0 Å². The van der Waals surface area contributed by atoms with Crippen LogP contribution in [-0.4, -0.2) is 29.3 Å². The Bertz CT molecular complexity index is 1380. The van der Waals surface area contributed by atoms with Gasteiger partial charge in [0.05, 0.1) is 16.7 Å². The summed E-state index contributed by atoms with van der Waals surface area (Å²) in [4.78, 5) is 20.6. The molecule has 38 heavy (non-hydrogen) atoms. The average molecular weight is 514 g/mol. The molecule has 0 saturated heterocycles. The second kappa shape index (κ2) is 12.3. The van der Waals surface area contributed by atoms with Crippen molar-refractivity contribution in [3.63, 3.8) is 0 Å². The lowest BCUT2D eigenvalue weighted by Gasteiger charge is -2.27. The Balaban J connectivity index is 1.70. The smallest absolute Gasteiger partial charge is 0.248 e. The highest BCUT2D eigenvalue weighted by atomic mass is 16.5. The number of aromatic nitrogens is 2. The second-order valence-electron chi connectivity index (χ2n) is 9.96.